The zero-order valence-corrected chi connectivity index (χ0v) is 15.6. The Kier molecular flexibility index (Phi) is 4.99. The number of anilines is 1. The van der Waals surface area contributed by atoms with Crippen molar-refractivity contribution < 1.29 is 14.3 Å². The van der Waals surface area contributed by atoms with E-state index < -0.39 is 0 Å². The van der Waals surface area contributed by atoms with Crippen molar-refractivity contribution in [2.75, 3.05) is 31.1 Å². The molecule has 6 nitrogen and oxygen atoms in total. The molecule has 2 aliphatic heterocycles. The van der Waals surface area contributed by atoms with Gasteiger partial charge in [-0.2, -0.15) is 0 Å². The van der Waals surface area contributed by atoms with E-state index in [1.54, 1.807) is 18.3 Å². The normalized spacial score (nSPS) is 19.4. The molecular formula is C20H20ClN3O3. The van der Waals surface area contributed by atoms with Crippen molar-refractivity contribution in [2.24, 2.45) is 0 Å². The second kappa shape index (κ2) is 7.56. The first-order valence-electron chi connectivity index (χ1n) is 9.03. The van der Waals surface area contributed by atoms with E-state index in [1.807, 2.05) is 29.2 Å². The molecular weight excluding hydrogens is 366 g/mol. The average molecular weight is 386 g/mol. The van der Waals surface area contributed by atoms with Gasteiger partial charge in [0.1, 0.15) is 6.54 Å². The molecule has 0 N–H and O–H groups in total. The van der Waals surface area contributed by atoms with E-state index in [0.29, 0.717) is 29.7 Å². The van der Waals surface area contributed by atoms with Gasteiger partial charge in [0, 0.05) is 30.2 Å². The number of rotatable bonds is 3. The first-order valence-corrected chi connectivity index (χ1v) is 9.41. The molecule has 0 aliphatic carbocycles. The first kappa shape index (κ1) is 17.8. The Hall–Kier alpha value is -2.60. The van der Waals surface area contributed by atoms with Crippen LogP contribution in [0.4, 0.5) is 5.82 Å². The first-order chi connectivity index (χ1) is 13.1. The Labute approximate surface area is 162 Å². The summed E-state index contributed by atoms with van der Waals surface area (Å²) in [4.78, 5) is 32.6. The van der Waals surface area contributed by atoms with Crippen LogP contribution in [0, 0.1) is 0 Å². The minimum Gasteiger partial charge on any atom is -0.480 e. The number of pyridine rings is 1. The van der Waals surface area contributed by atoms with Gasteiger partial charge in [0.05, 0.1) is 0 Å². The largest absolute Gasteiger partial charge is 0.480 e. The van der Waals surface area contributed by atoms with Crippen LogP contribution in [0.15, 0.2) is 42.6 Å². The summed E-state index contributed by atoms with van der Waals surface area (Å²) in [5.74, 6) is 0.906. The van der Waals surface area contributed by atoms with E-state index in [9.17, 15) is 9.59 Å². The van der Waals surface area contributed by atoms with Gasteiger partial charge in [0.15, 0.2) is 18.2 Å². The number of fused-ring (bicyclic) bond motifs is 1. The smallest absolute Gasteiger partial charge is 0.266 e. The van der Waals surface area contributed by atoms with Gasteiger partial charge in [-0.25, -0.2) is 4.98 Å². The van der Waals surface area contributed by atoms with Gasteiger partial charge in [-0.15, -0.1) is 0 Å². The van der Waals surface area contributed by atoms with Crippen LogP contribution in [-0.2, 0) is 9.59 Å². The van der Waals surface area contributed by atoms with Gasteiger partial charge in [-0.3, -0.25) is 14.5 Å². The maximum Gasteiger partial charge on any atom is 0.266 e. The second-order valence-corrected chi connectivity index (χ2v) is 7.26. The predicted octanol–water partition coefficient (Wildman–Crippen LogP) is 2.87. The number of carbonyl (C=O) groups excluding carboxylic acids is 2. The Morgan fingerprint density at radius 3 is 2.89 bits per heavy atom. The summed E-state index contributed by atoms with van der Waals surface area (Å²) < 4.78 is 5.39. The number of amides is 2. The molecule has 1 aromatic carbocycles. The molecule has 1 unspecified atom stereocenters. The van der Waals surface area contributed by atoms with Crippen LogP contribution in [-0.4, -0.2) is 47.9 Å². The molecule has 0 bridgehead atoms. The molecule has 0 saturated carbocycles. The number of ether oxygens (including phenoxy) is 1. The fourth-order valence-corrected chi connectivity index (χ4v) is 3.77. The van der Waals surface area contributed by atoms with Crippen molar-refractivity contribution in [1.29, 1.82) is 0 Å². The summed E-state index contributed by atoms with van der Waals surface area (Å²) in [5, 5.41) is 0.708. The minimum absolute atomic E-state index is 0.0143. The second-order valence-electron chi connectivity index (χ2n) is 6.82. The Morgan fingerprint density at radius 2 is 2.07 bits per heavy atom. The highest BCUT2D eigenvalue weighted by molar-refractivity contribution is 6.30. The molecule has 3 heterocycles. The highest BCUT2D eigenvalue weighted by Gasteiger charge is 2.31. The van der Waals surface area contributed by atoms with Crippen molar-refractivity contribution in [3.05, 3.63) is 53.2 Å². The Bertz CT molecular complexity index is 856. The lowest BCUT2D eigenvalue weighted by Gasteiger charge is -2.35. The summed E-state index contributed by atoms with van der Waals surface area (Å²) in [6.45, 7) is 1.27. The average Bonchev–Trinajstić information content (AvgIpc) is 2.71. The SMILES string of the molecule is O=C(CN1C(=O)COc2cccnc21)N1CCCC(c2ccc(Cl)cc2)C1. The molecule has 2 amide bonds. The third kappa shape index (κ3) is 3.76. The van der Waals surface area contributed by atoms with Gasteiger partial charge in [0.2, 0.25) is 5.91 Å². The minimum atomic E-state index is -0.249. The fraction of sp³-hybridized carbons (Fsp3) is 0.350. The zero-order valence-electron chi connectivity index (χ0n) is 14.8. The number of halogens is 1. The fourth-order valence-electron chi connectivity index (χ4n) is 3.64. The van der Waals surface area contributed by atoms with Crippen LogP contribution in [0.1, 0.15) is 24.3 Å². The summed E-state index contributed by atoms with van der Waals surface area (Å²) in [7, 11) is 0. The lowest BCUT2D eigenvalue weighted by atomic mass is 9.90. The number of benzene rings is 1. The van der Waals surface area contributed by atoms with Crippen LogP contribution in [0.5, 0.6) is 5.75 Å². The van der Waals surface area contributed by atoms with Crippen molar-refractivity contribution in [1.82, 2.24) is 9.88 Å². The van der Waals surface area contributed by atoms with E-state index in [-0.39, 0.29) is 30.9 Å². The molecule has 0 spiro atoms. The van der Waals surface area contributed by atoms with Gasteiger partial charge in [-0.1, -0.05) is 23.7 Å². The number of aromatic nitrogens is 1. The summed E-state index contributed by atoms with van der Waals surface area (Å²) in [5.41, 5.74) is 1.19. The lowest BCUT2D eigenvalue weighted by Crippen LogP contribution is -2.48. The highest BCUT2D eigenvalue weighted by atomic mass is 35.5. The molecule has 4 rings (SSSR count). The van der Waals surface area contributed by atoms with Crippen LogP contribution in [0.2, 0.25) is 5.02 Å². The number of likely N-dealkylation sites (tertiary alicyclic amines) is 1. The molecule has 2 aliphatic rings. The van der Waals surface area contributed by atoms with E-state index >= 15 is 0 Å². The number of hydrogen-bond donors (Lipinski definition) is 0. The Morgan fingerprint density at radius 1 is 1.26 bits per heavy atom. The predicted molar refractivity (Wildman–Crippen MR) is 102 cm³/mol. The van der Waals surface area contributed by atoms with E-state index in [2.05, 4.69) is 4.98 Å². The number of nitrogens with zero attached hydrogens (tertiary/aromatic N) is 3. The molecule has 1 atom stereocenters. The molecule has 0 radical (unpaired) electrons. The van der Waals surface area contributed by atoms with Crippen LogP contribution in [0.3, 0.4) is 0 Å². The van der Waals surface area contributed by atoms with Gasteiger partial charge < -0.3 is 9.64 Å². The summed E-state index contributed by atoms with van der Waals surface area (Å²) in [6.07, 6.45) is 3.56. The maximum absolute atomic E-state index is 12.9. The number of hydrogen-bond acceptors (Lipinski definition) is 4. The van der Waals surface area contributed by atoms with Crippen LogP contribution >= 0.6 is 11.6 Å². The van der Waals surface area contributed by atoms with Gasteiger partial charge in [0.25, 0.3) is 5.91 Å². The number of piperidine rings is 1. The monoisotopic (exact) mass is 385 g/mol. The van der Waals surface area contributed by atoms with Gasteiger partial charge >= 0.3 is 0 Å². The molecule has 1 fully saturated rings. The van der Waals surface area contributed by atoms with Crippen LogP contribution < -0.4 is 9.64 Å². The van der Waals surface area contributed by atoms with E-state index in [1.165, 1.54) is 10.5 Å². The topological polar surface area (TPSA) is 62.7 Å². The third-order valence-electron chi connectivity index (χ3n) is 5.07. The van der Waals surface area contributed by atoms with Crippen molar-refractivity contribution >= 4 is 29.2 Å². The summed E-state index contributed by atoms with van der Waals surface area (Å²) in [6, 6.07) is 11.3. The zero-order chi connectivity index (χ0) is 18.8. The van der Waals surface area contributed by atoms with E-state index in [0.717, 1.165) is 12.8 Å². The number of carbonyl (C=O) groups is 2. The van der Waals surface area contributed by atoms with Crippen molar-refractivity contribution in [2.45, 2.75) is 18.8 Å². The highest BCUT2D eigenvalue weighted by Crippen LogP contribution is 2.30. The molecule has 1 aromatic heterocycles. The third-order valence-corrected chi connectivity index (χ3v) is 5.32. The molecule has 1 saturated heterocycles. The van der Waals surface area contributed by atoms with Crippen molar-refractivity contribution in [3.63, 3.8) is 0 Å². The van der Waals surface area contributed by atoms with Gasteiger partial charge in [-0.05, 0) is 42.7 Å². The van der Waals surface area contributed by atoms with E-state index in [4.69, 9.17) is 16.3 Å². The molecule has 27 heavy (non-hydrogen) atoms. The molecule has 2 aromatic rings. The lowest BCUT2D eigenvalue weighted by molar-refractivity contribution is -0.133. The molecule has 7 heteroatoms. The summed E-state index contributed by atoms with van der Waals surface area (Å²) >= 11 is 5.98. The quantitative estimate of drug-likeness (QED) is 0.815. The molecule has 140 valence electrons. The Balaban J connectivity index is 1.46. The standard InChI is InChI=1S/C20H20ClN3O3/c21-16-7-5-14(6-8-16)15-3-2-10-23(11-15)18(25)12-24-19(26)13-27-17-4-1-9-22-20(17)24/h1,4-9,15H,2-3,10-13H2. The van der Waals surface area contributed by atoms with Crippen molar-refractivity contribution in [3.8, 4) is 5.75 Å². The maximum atomic E-state index is 12.9. The van der Waals surface area contributed by atoms with Crippen LogP contribution in [0.25, 0.3) is 0 Å².